The smallest absolute Gasteiger partial charge is 0.119 e. The predicted octanol–water partition coefficient (Wildman–Crippen LogP) is 4.19. The predicted molar refractivity (Wildman–Crippen MR) is 79.3 cm³/mol. The highest BCUT2D eigenvalue weighted by Gasteiger charge is 2.06. The molecular weight excluding hydrogens is 236 g/mol. The van der Waals surface area contributed by atoms with Gasteiger partial charge in [0.2, 0.25) is 0 Å². The summed E-state index contributed by atoms with van der Waals surface area (Å²) in [4.78, 5) is 0. The van der Waals surface area contributed by atoms with Crippen LogP contribution in [0.2, 0.25) is 0 Å². The molecule has 2 heteroatoms. The molecule has 0 radical (unpaired) electrons. The topological polar surface area (TPSA) is 29.5 Å². The highest BCUT2D eigenvalue weighted by Crippen LogP contribution is 2.27. The Kier molecular flexibility index (Phi) is 5.96. The van der Waals surface area contributed by atoms with Crippen LogP contribution in [0.4, 0.5) is 0 Å². The summed E-state index contributed by atoms with van der Waals surface area (Å²) < 4.78 is 5.69. The molecule has 0 spiro atoms. The van der Waals surface area contributed by atoms with Crippen molar-refractivity contribution in [1.29, 1.82) is 0 Å². The molecule has 0 heterocycles. The van der Waals surface area contributed by atoms with Crippen LogP contribution in [0, 0.1) is 0 Å². The molecule has 0 aromatic heterocycles. The van der Waals surface area contributed by atoms with Gasteiger partial charge in [0.05, 0.1) is 6.61 Å². The van der Waals surface area contributed by atoms with Gasteiger partial charge < -0.3 is 9.84 Å². The zero-order valence-corrected chi connectivity index (χ0v) is 11.6. The molecule has 0 saturated carbocycles. The van der Waals surface area contributed by atoms with Gasteiger partial charge in [-0.3, -0.25) is 0 Å². The Morgan fingerprint density at radius 2 is 1.84 bits per heavy atom. The van der Waals surface area contributed by atoms with Crippen molar-refractivity contribution in [2.45, 2.75) is 44.9 Å². The average Bonchev–Trinajstić information content (AvgIpc) is 2.49. The maximum Gasteiger partial charge on any atom is 0.119 e. The summed E-state index contributed by atoms with van der Waals surface area (Å²) in [5.41, 5.74) is 2.83. The SMILES string of the molecule is OCCCCCOc1ccc(C2=CCCCC2)cc1. The molecule has 2 nitrogen and oxygen atoms in total. The molecule has 0 fully saturated rings. The first kappa shape index (κ1) is 14.1. The zero-order chi connectivity index (χ0) is 13.3. The van der Waals surface area contributed by atoms with Crippen LogP contribution in [0.15, 0.2) is 30.3 Å². The van der Waals surface area contributed by atoms with E-state index in [2.05, 4.69) is 30.3 Å². The quantitative estimate of drug-likeness (QED) is 0.745. The Morgan fingerprint density at radius 1 is 1.00 bits per heavy atom. The molecule has 1 aliphatic carbocycles. The lowest BCUT2D eigenvalue weighted by Gasteiger charge is -2.13. The van der Waals surface area contributed by atoms with E-state index in [-0.39, 0.29) is 6.61 Å². The molecule has 2 rings (SSSR count). The minimum absolute atomic E-state index is 0.282. The zero-order valence-electron chi connectivity index (χ0n) is 11.6. The van der Waals surface area contributed by atoms with Crippen LogP contribution >= 0.6 is 0 Å². The summed E-state index contributed by atoms with van der Waals surface area (Å²) in [5, 5.41) is 8.69. The molecular formula is C17H24O2. The van der Waals surface area contributed by atoms with E-state index in [9.17, 15) is 0 Å². The third-order valence-electron chi connectivity index (χ3n) is 3.59. The van der Waals surface area contributed by atoms with Crippen LogP contribution in [0.1, 0.15) is 50.5 Å². The lowest BCUT2D eigenvalue weighted by molar-refractivity contribution is 0.266. The van der Waals surface area contributed by atoms with Crippen LogP contribution < -0.4 is 4.74 Å². The highest BCUT2D eigenvalue weighted by atomic mass is 16.5. The van der Waals surface area contributed by atoms with E-state index < -0.39 is 0 Å². The Hall–Kier alpha value is -1.28. The molecule has 0 aliphatic heterocycles. The number of aliphatic hydroxyl groups excluding tert-OH is 1. The number of hydrogen-bond acceptors (Lipinski definition) is 2. The van der Waals surface area contributed by atoms with Crippen molar-refractivity contribution >= 4 is 5.57 Å². The molecule has 0 bridgehead atoms. The van der Waals surface area contributed by atoms with Crippen molar-refractivity contribution in [3.63, 3.8) is 0 Å². The highest BCUT2D eigenvalue weighted by molar-refractivity contribution is 5.66. The third-order valence-corrected chi connectivity index (χ3v) is 3.59. The molecule has 0 amide bonds. The van der Waals surface area contributed by atoms with Crippen LogP contribution in [0.5, 0.6) is 5.75 Å². The van der Waals surface area contributed by atoms with Gasteiger partial charge in [-0.1, -0.05) is 18.2 Å². The summed E-state index contributed by atoms with van der Waals surface area (Å²) in [7, 11) is 0. The number of unbranched alkanes of at least 4 members (excludes halogenated alkanes) is 2. The van der Waals surface area contributed by atoms with Gasteiger partial charge in [-0.15, -0.1) is 0 Å². The maximum absolute atomic E-state index is 8.69. The Labute approximate surface area is 116 Å². The van der Waals surface area contributed by atoms with E-state index in [1.54, 1.807) is 0 Å². The van der Waals surface area contributed by atoms with Gasteiger partial charge in [0.1, 0.15) is 5.75 Å². The number of rotatable bonds is 7. The van der Waals surface area contributed by atoms with E-state index in [4.69, 9.17) is 9.84 Å². The van der Waals surface area contributed by atoms with E-state index in [1.165, 1.54) is 36.8 Å². The summed E-state index contributed by atoms with van der Waals surface area (Å²) in [6.07, 6.45) is 10.4. The number of benzene rings is 1. The second-order valence-electron chi connectivity index (χ2n) is 5.13. The Bertz CT molecular complexity index is 392. The fraction of sp³-hybridized carbons (Fsp3) is 0.529. The summed E-state index contributed by atoms with van der Waals surface area (Å²) in [6.45, 7) is 1.02. The van der Waals surface area contributed by atoms with Gasteiger partial charge in [-0.2, -0.15) is 0 Å². The Morgan fingerprint density at radius 3 is 2.53 bits per heavy atom. The molecule has 1 aromatic rings. The molecule has 1 aliphatic rings. The molecule has 19 heavy (non-hydrogen) atoms. The molecule has 0 atom stereocenters. The van der Waals surface area contributed by atoms with Gasteiger partial charge in [-0.25, -0.2) is 0 Å². The third kappa shape index (κ3) is 4.71. The maximum atomic E-state index is 8.69. The fourth-order valence-corrected chi connectivity index (χ4v) is 2.45. The van der Waals surface area contributed by atoms with Crippen molar-refractivity contribution in [2.75, 3.05) is 13.2 Å². The summed E-state index contributed by atoms with van der Waals surface area (Å²) in [5.74, 6) is 0.948. The van der Waals surface area contributed by atoms with Crippen LogP contribution in [0.25, 0.3) is 5.57 Å². The summed E-state index contributed by atoms with van der Waals surface area (Å²) >= 11 is 0. The van der Waals surface area contributed by atoms with Gasteiger partial charge >= 0.3 is 0 Å². The normalized spacial score (nSPS) is 15.1. The van der Waals surface area contributed by atoms with Crippen LogP contribution in [0.3, 0.4) is 0 Å². The fourth-order valence-electron chi connectivity index (χ4n) is 2.45. The van der Waals surface area contributed by atoms with Crippen LogP contribution in [-0.2, 0) is 0 Å². The second kappa shape index (κ2) is 8.00. The number of hydrogen-bond donors (Lipinski definition) is 1. The lowest BCUT2D eigenvalue weighted by Crippen LogP contribution is -1.98. The molecule has 0 unspecified atom stereocenters. The van der Waals surface area contributed by atoms with Crippen molar-refractivity contribution in [3.05, 3.63) is 35.9 Å². The molecule has 104 valence electrons. The molecule has 0 saturated heterocycles. The van der Waals surface area contributed by atoms with E-state index >= 15 is 0 Å². The lowest BCUT2D eigenvalue weighted by atomic mass is 9.94. The monoisotopic (exact) mass is 260 g/mol. The summed E-state index contributed by atoms with van der Waals surface area (Å²) in [6, 6.07) is 8.47. The van der Waals surface area contributed by atoms with Crippen molar-refractivity contribution in [3.8, 4) is 5.75 Å². The standard InChI is InChI=1S/C17H24O2/c18-13-5-2-6-14-19-17-11-9-16(10-12-17)15-7-3-1-4-8-15/h7,9-12,18H,1-6,8,13-14H2. The average molecular weight is 260 g/mol. The van der Waals surface area contributed by atoms with E-state index in [0.717, 1.165) is 31.6 Å². The Balaban J connectivity index is 1.79. The first-order valence-electron chi connectivity index (χ1n) is 7.43. The van der Waals surface area contributed by atoms with Crippen LogP contribution in [-0.4, -0.2) is 18.3 Å². The minimum Gasteiger partial charge on any atom is -0.494 e. The van der Waals surface area contributed by atoms with Crippen molar-refractivity contribution < 1.29 is 9.84 Å². The van der Waals surface area contributed by atoms with E-state index in [1.807, 2.05) is 0 Å². The number of ether oxygens (including phenoxy) is 1. The van der Waals surface area contributed by atoms with Gasteiger partial charge in [0.15, 0.2) is 0 Å². The van der Waals surface area contributed by atoms with Gasteiger partial charge in [-0.05, 0) is 68.2 Å². The second-order valence-corrected chi connectivity index (χ2v) is 5.13. The van der Waals surface area contributed by atoms with Gasteiger partial charge in [0, 0.05) is 6.61 Å². The number of aliphatic hydroxyl groups is 1. The van der Waals surface area contributed by atoms with E-state index in [0.29, 0.717) is 0 Å². The largest absolute Gasteiger partial charge is 0.494 e. The first-order valence-corrected chi connectivity index (χ1v) is 7.43. The minimum atomic E-state index is 0.282. The van der Waals surface area contributed by atoms with Crippen molar-refractivity contribution in [1.82, 2.24) is 0 Å². The molecule has 1 aromatic carbocycles. The molecule has 1 N–H and O–H groups in total. The number of allylic oxidation sites excluding steroid dienone is 2. The first-order chi connectivity index (χ1) is 9.40. The van der Waals surface area contributed by atoms with Gasteiger partial charge in [0.25, 0.3) is 0 Å². The van der Waals surface area contributed by atoms with Crippen molar-refractivity contribution in [2.24, 2.45) is 0 Å².